The van der Waals surface area contributed by atoms with Crippen LogP contribution in [0, 0.1) is 0 Å². The zero-order valence-corrected chi connectivity index (χ0v) is 10.2. The molecule has 5 heteroatoms. The van der Waals surface area contributed by atoms with E-state index in [0.717, 1.165) is 30.1 Å². The monoisotopic (exact) mass is 236 g/mol. The van der Waals surface area contributed by atoms with Crippen molar-refractivity contribution in [2.24, 2.45) is 0 Å². The van der Waals surface area contributed by atoms with Crippen LogP contribution in [-0.2, 0) is 13.0 Å². The van der Waals surface area contributed by atoms with Gasteiger partial charge in [0.25, 0.3) is 0 Å². The maximum absolute atomic E-state index is 8.80. The standard InChI is InChI=1S/C9H16N2OS.ClH/c1-11(2)5-3-4-9-10-8(6-12)7-13-9;/h7,12H,3-6H2,1-2H3;1H. The van der Waals surface area contributed by atoms with Crippen molar-refractivity contribution in [1.82, 2.24) is 9.88 Å². The van der Waals surface area contributed by atoms with E-state index in [4.69, 9.17) is 5.11 Å². The Morgan fingerprint density at radius 1 is 1.50 bits per heavy atom. The van der Waals surface area contributed by atoms with Crippen molar-refractivity contribution in [3.63, 3.8) is 0 Å². The first-order chi connectivity index (χ1) is 6.22. The topological polar surface area (TPSA) is 36.4 Å². The highest BCUT2D eigenvalue weighted by molar-refractivity contribution is 7.09. The Balaban J connectivity index is 0.00000169. The number of hydrogen-bond acceptors (Lipinski definition) is 4. The molecule has 0 radical (unpaired) electrons. The maximum Gasteiger partial charge on any atom is 0.0929 e. The highest BCUT2D eigenvalue weighted by Gasteiger charge is 2.00. The molecule has 1 N–H and O–H groups in total. The third kappa shape index (κ3) is 4.91. The molecule has 0 aliphatic carbocycles. The first-order valence-corrected chi connectivity index (χ1v) is 5.29. The fourth-order valence-electron chi connectivity index (χ4n) is 1.08. The Kier molecular flexibility index (Phi) is 7.09. The number of aliphatic hydroxyl groups is 1. The molecule has 0 saturated carbocycles. The number of aryl methyl sites for hydroxylation is 1. The Bertz CT molecular complexity index is 253. The van der Waals surface area contributed by atoms with Crippen LogP contribution in [0.25, 0.3) is 0 Å². The summed E-state index contributed by atoms with van der Waals surface area (Å²) in [6.45, 7) is 1.15. The van der Waals surface area contributed by atoms with Crippen molar-refractivity contribution < 1.29 is 5.11 Å². The fourth-order valence-corrected chi connectivity index (χ4v) is 1.91. The average molecular weight is 237 g/mol. The van der Waals surface area contributed by atoms with Crippen LogP contribution < -0.4 is 0 Å². The van der Waals surface area contributed by atoms with E-state index in [1.807, 2.05) is 5.38 Å². The van der Waals surface area contributed by atoms with E-state index in [1.54, 1.807) is 11.3 Å². The van der Waals surface area contributed by atoms with E-state index >= 15 is 0 Å². The summed E-state index contributed by atoms with van der Waals surface area (Å²) in [4.78, 5) is 6.44. The minimum Gasteiger partial charge on any atom is -0.390 e. The number of rotatable bonds is 5. The molecule has 1 aromatic heterocycles. The van der Waals surface area contributed by atoms with Gasteiger partial charge in [0, 0.05) is 11.8 Å². The quantitative estimate of drug-likeness (QED) is 0.843. The minimum atomic E-state index is 0. The molecule has 3 nitrogen and oxygen atoms in total. The third-order valence-corrected chi connectivity index (χ3v) is 2.71. The lowest BCUT2D eigenvalue weighted by atomic mass is 10.3. The largest absolute Gasteiger partial charge is 0.390 e. The lowest BCUT2D eigenvalue weighted by molar-refractivity contribution is 0.277. The van der Waals surface area contributed by atoms with Gasteiger partial charge in [0.05, 0.1) is 17.3 Å². The molecule has 1 heterocycles. The highest BCUT2D eigenvalue weighted by Crippen LogP contribution is 2.11. The average Bonchev–Trinajstić information content (AvgIpc) is 2.52. The van der Waals surface area contributed by atoms with Crippen molar-refractivity contribution in [2.45, 2.75) is 19.4 Å². The molecule has 0 aliphatic heterocycles. The number of halogens is 1. The van der Waals surface area contributed by atoms with Crippen LogP contribution in [-0.4, -0.2) is 35.6 Å². The molecule has 82 valence electrons. The van der Waals surface area contributed by atoms with Crippen molar-refractivity contribution in [1.29, 1.82) is 0 Å². The first-order valence-electron chi connectivity index (χ1n) is 4.41. The molecule has 0 unspecified atom stereocenters. The van der Waals surface area contributed by atoms with Gasteiger partial charge in [0.1, 0.15) is 0 Å². The van der Waals surface area contributed by atoms with Crippen LogP contribution in [0.5, 0.6) is 0 Å². The van der Waals surface area contributed by atoms with Crippen molar-refractivity contribution in [3.8, 4) is 0 Å². The molecule has 1 rings (SSSR count). The van der Waals surface area contributed by atoms with Crippen LogP contribution in [0.3, 0.4) is 0 Å². The van der Waals surface area contributed by atoms with E-state index in [1.165, 1.54) is 0 Å². The predicted octanol–water partition coefficient (Wildman–Crippen LogP) is 1.55. The van der Waals surface area contributed by atoms with E-state index < -0.39 is 0 Å². The van der Waals surface area contributed by atoms with Crippen molar-refractivity contribution in [3.05, 3.63) is 16.1 Å². The molecule has 0 bridgehead atoms. The maximum atomic E-state index is 8.80. The summed E-state index contributed by atoms with van der Waals surface area (Å²) in [7, 11) is 4.14. The zero-order chi connectivity index (χ0) is 9.68. The molecule has 0 aromatic carbocycles. The molecule has 0 fully saturated rings. The molecule has 0 saturated heterocycles. The highest BCUT2D eigenvalue weighted by atomic mass is 35.5. The number of nitrogens with zero attached hydrogens (tertiary/aromatic N) is 2. The molecular weight excluding hydrogens is 220 g/mol. The van der Waals surface area contributed by atoms with E-state index in [-0.39, 0.29) is 19.0 Å². The summed E-state index contributed by atoms with van der Waals surface area (Å²) >= 11 is 1.64. The summed E-state index contributed by atoms with van der Waals surface area (Å²) in [5.74, 6) is 0. The van der Waals surface area contributed by atoms with E-state index in [2.05, 4.69) is 24.0 Å². The first kappa shape index (κ1) is 13.8. The Hall–Kier alpha value is -0.160. The van der Waals surface area contributed by atoms with Crippen LogP contribution in [0.4, 0.5) is 0 Å². The van der Waals surface area contributed by atoms with Crippen LogP contribution >= 0.6 is 23.7 Å². The number of aromatic nitrogens is 1. The minimum absolute atomic E-state index is 0. The van der Waals surface area contributed by atoms with Gasteiger partial charge in [0.2, 0.25) is 0 Å². The number of thiazole rings is 1. The zero-order valence-electron chi connectivity index (χ0n) is 8.56. The Labute approximate surface area is 95.2 Å². The van der Waals surface area contributed by atoms with Gasteiger partial charge in [-0.15, -0.1) is 23.7 Å². The van der Waals surface area contributed by atoms with Crippen LogP contribution in [0.1, 0.15) is 17.1 Å². The molecule has 0 aliphatic rings. The van der Waals surface area contributed by atoms with E-state index in [9.17, 15) is 0 Å². The second kappa shape index (κ2) is 7.17. The molecule has 0 spiro atoms. The lowest BCUT2D eigenvalue weighted by Gasteiger charge is -2.07. The number of hydrogen-bond donors (Lipinski definition) is 1. The van der Waals surface area contributed by atoms with Crippen LogP contribution in [0.2, 0.25) is 0 Å². The van der Waals surface area contributed by atoms with Gasteiger partial charge in [-0.25, -0.2) is 4.98 Å². The SMILES string of the molecule is CN(C)CCCc1nc(CO)cs1.Cl. The van der Waals surface area contributed by atoms with Gasteiger partial charge in [-0.1, -0.05) is 0 Å². The Morgan fingerprint density at radius 3 is 2.71 bits per heavy atom. The smallest absolute Gasteiger partial charge is 0.0929 e. The van der Waals surface area contributed by atoms with Gasteiger partial charge < -0.3 is 10.0 Å². The summed E-state index contributed by atoms with van der Waals surface area (Å²) < 4.78 is 0. The van der Waals surface area contributed by atoms with Gasteiger partial charge in [-0.3, -0.25) is 0 Å². The molecule has 0 amide bonds. The van der Waals surface area contributed by atoms with Crippen molar-refractivity contribution >= 4 is 23.7 Å². The molecule has 14 heavy (non-hydrogen) atoms. The second-order valence-corrected chi connectivity index (χ2v) is 4.24. The molecular formula is C9H17ClN2OS. The van der Waals surface area contributed by atoms with Crippen molar-refractivity contribution in [2.75, 3.05) is 20.6 Å². The fraction of sp³-hybridized carbons (Fsp3) is 0.667. The molecule has 1 aromatic rings. The van der Waals surface area contributed by atoms with Gasteiger partial charge in [0.15, 0.2) is 0 Å². The van der Waals surface area contributed by atoms with Gasteiger partial charge in [-0.05, 0) is 27.1 Å². The van der Waals surface area contributed by atoms with Crippen LogP contribution in [0.15, 0.2) is 5.38 Å². The normalized spacial score (nSPS) is 10.3. The summed E-state index contributed by atoms with van der Waals surface area (Å²) in [6, 6.07) is 0. The van der Waals surface area contributed by atoms with Gasteiger partial charge >= 0.3 is 0 Å². The number of aliphatic hydroxyl groups excluding tert-OH is 1. The summed E-state index contributed by atoms with van der Waals surface area (Å²) in [5.41, 5.74) is 0.796. The Morgan fingerprint density at radius 2 is 2.21 bits per heavy atom. The summed E-state index contributed by atoms with van der Waals surface area (Å²) in [5, 5.41) is 11.9. The van der Waals surface area contributed by atoms with Gasteiger partial charge in [-0.2, -0.15) is 0 Å². The predicted molar refractivity (Wildman–Crippen MR) is 62.2 cm³/mol. The second-order valence-electron chi connectivity index (χ2n) is 3.30. The van der Waals surface area contributed by atoms with E-state index in [0.29, 0.717) is 0 Å². The third-order valence-electron chi connectivity index (χ3n) is 1.76. The summed E-state index contributed by atoms with van der Waals surface area (Å²) in [6.07, 6.45) is 2.15. The molecule has 0 atom stereocenters. The lowest BCUT2D eigenvalue weighted by Crippen LogP contribution is -2.13.